The van der Waals surface area contributed by atoms with Crippen molar-refractivity contribution in [2.45, 2.75) is 20.3 Å². The highest BCUT2D eigenvalue weighted by Gasteiger charge is 2.14. The van der Waals surface area contributed by atoms with Crippen LogP contribution in [0.15, 0.2) is 36.4 Å². The van der Waals surface area contributed by atoms with Crippen LogP contribution in [0.2, 0.25) is 0 Å². The molecule has 0 bridgehead atoms. The lowest BCUT2D eigenvalue weighted by Gasteiger charge is -2.00. The Kier molecular flexibility index (Phi) is 3.75. The van der Waals surface area contributed by atoms with Gasteiger partial charge in [-0.05, 0) is 36.9 Å². The van der Waals surface area contributed by atoms with Crippen molar-refractivity contribution in [3.05, 3.63) is 41.3 Å². The zero-order valence-corrected chi connectivity index (χ0v) is 11.3. The van der Waals surface area contributed by atoms with Crippen molar-refractivity contribution in [2.75, 3.05) is 6.54 Å². The number of thiophene rings is 1. The number of fused-ring (bicyclic) bond motifs is 1. The fourth-order valence-electron chi connectivity index (χ4n) is 1.86. The minimum Gasteiger partial charge on any atom is -0.205 e. The van der Waals surface area contributed by atoms with Gasteiger partial charge in [0.1, 0.15) is 13.3 Å². The second-order valence-corrected chi connectivity index (χ2v) is 5.09. The van der Waals surface area contributed by atoms with Gasteiger partial charge < -0.3 is 0 Å². The van der Waals surface area contributed by atoms with Crippen LogP contribution in [0, 0.1) is 0 Å². The highest BCUT2D eigenvalue weighted by Crippen LogP contribution is 2.30. The zero-order valence-electron chi connectivity index (χ0n) is 10.4. The lowest BCUT2D eigenvalue weighted by atomic mass is 10.2. The van der Waals surface area contributed by atoms with Gasteiger partial charge in [-0.2, -0.15) is 0 Å². The molecule has 2 heteroatoms. The summed E-state index contributed by atoms with van der Waals surface area (Å²) in [7, 11) is 0. The first-order chi connectivity index (χ1) is 8.26. The molecule has 0 N–H and O–H groups in total. The molecule has 2 aromatic rings. The van der Waals surface area contributed by atoms with Crippen LogP contribution in [0.3, 0.4) is 0 Å². The average Bonchev–Trinajstić information content (AvgIpc) is 2.78. The van der Waals surface area contributed by atoms with Crippen molar-refractivity contribution in [3.8, 4) is 0 Å². The summed E-state index contributed by atoms with van der Waals surface area (Å²) in [5, 5.41) is 1.32. The summed E-state index contributed by atoms with van der Waals surface area (Å²) in [5.41, 5.74) is 1.25. The fraction of sp³-hybridized carbons (Fsp3) is 0.267. The Labute approximate surface area is 107 Å². The van der Waals surface area contributed by atoms with Crippen LogP contribution in [-0.2, 0) is 0 Å². The molecular weight excluding hydrogens is 226 g/mol. The van der Waals surface area contributed by atoms with Gasteiger partial charge in [-0.1, -0.05) is 25.1 Å². The van der Waals surface area contributed by atoms with E-state index in [-0.39, 0.29) is 0 Å². The smallest absolute Gasteiger partial charge is 0.205 e. The van der Waals surface area contributed by atoms with Gasteiger partial charge >= 0.3 is 0 Å². The molecule has 1 aromatic carbocycles. The van der Waals surface area contributed by atoms with Gasteiger partial charge in [0.25, 0.3) is 0 Å². The van der Waals surface area contributed by atoms with Crippen molar-refractivity contribution in [1.82, 2.24) is 0 Å². The van der Waals surface area contributed by atoms with Crippen LogP contribution < -0.4 is 0 Å². The topological polar surface area (TPSA) is 3.01 Å². The summed E-state index contributed by atoms with van der Waals surface area (Å²) in [5.74, 6) is 0. The summed E-state index contributed by atoms with van der Waals surface area (Å²) in [4.78, 5) is 1.31. The van der Waals surface area contributed by atoms with Crippen LogP contribution in [0.1, 0.15) is 25.1 Å². The highest BCUT2D eigenvalue weighted by atomic mass is 32.1. The van der Waals surface area contributed by atoms with E-state index in [1.165, 1.54) is 20.7 Å². The summed E-state index contributed by atoms with van der Waals surface area (Å²) in [6.45, 7) is 9.32. The Hall–Kier alpha value is -1.41. The first-order valence-electron chi connectivity index (χ1n) is 6.03. The predicted octanol–water partition coefficient (Wildman–Crippen LogP) is 4.39. The first-order valence-corrected chi connectivity index (χ1v) is 6.85. The molecule has 0 unspecified atom stereocenters. The number of hydrogen-bond acceptors (Lipinski definition) is 1. The van der Waals surface area contributed by atoms with Crippen LogP contribution in [0.5, 0.6) is 0 Å². The Morgan fingerprint density at radius 2 is 2.12 bits per heavy atom. The lowest BCUT2D eigenvalue weighted by Crippen LogP contribution is -2.06. The Morgan fingerprint density at radius 1 is 1.35 bits per heavy atom. The van der Waals surface area contributed by atoms with E-state index in [2.05, 4.69) is 61.5 Å². The molecule has 0 saturated carbocycles. The summed E-state index contributed by atoms with van der Waals surface area (Å²) < 4.78 is 3.41. The summed E-state index contributed by atoms with van der Waals surface area (Å²) in [6, 6.07) is 10.8. The Morgan fingerprint density at radius 3 is 2.76 bits per heavy atom. The molecule has 1 heterocycles. The summed E-state index contributed by atoms with van der Waals surface area (Å²) >= 11 is 1.84. The van der Waals surface area contributed by atoms with E-state index < -0.39 is 0 Å². The van der Waals surface area contributed by atoms with Crippen molar-refractivity contribution in [3.63, 3.8) is 0 Å². The van der Waals surface area contributed by atoms with Gasteiger partial charge in [-0.15, -0.1) is 11.3 Å². The molecule has 1 aromatic heterocycles. The van der Waals surface area contributed by atoms with Crippen molar-refractivity contribution >= 4 is 33.8 Å². The van der Waals surface area contributed by atoms with Gasteiger partial charge in [0, 0.05) is 4.70 Å². The maximum Gasteiger partial charge on any atom is 0.218 e. The second-order valence-electron chi connectivity index (χ2n) is 4.00. The molecule has 0 aliphatic heterocycles. The molecule has 1 nitrogen and oxygen atoms in total. The van der Waals surface area contributed by atoms with Crippen LogP contribution >= 0.6 is 11.3 Å². The highest BCUT2D eigenvalue weighted by molar-refractivity contribution is 7.20. The average molecular weight is 244 g/mol. The largest absolute Gasteiger partial charge is 0.218 e. The second kappa shape index (κ2) is 5.28. The van der Waals surface area contributed by atoms with Crippen LogP contribution in [0.4, 0.5) is 0 Å². The van der Waals surface area contributed by atoms with E-state index in [1.807, 2.05) is 11.3 Å². The Balaban J connectivity index is 2.49. The van der Waals surface area contributed by atoms with E-state index in [0.717, 1.165) is 13.0 Å². The monoisotopic (exact) mass is 244 g/mol. The van der Waals surface area contributed by atoms with Crippen molar-refractivity contribution < 1.29 is 4.58 Å². The van der Waals surface area contributed by atoms with Gasteiger partial charge in [0.2, 0.25) is 5.70 Å². The SMILES string of the molecule is C=[N+](CC)C(=CCC)c1cc2ccccc2s1. The number of nitrogens with zero attached hydrogens (tertiary/aromatic N) is 1. The molecule has 0 aliphatic rings. The van der Waals surface area contributed by atoms with E-state index in [9.17, 15) is 0 Å². The van der Waals surface area contributed by atoms with Gasteiger partial charge in [-0.25, -0.2) is 4.58 Å². The van der Waals surface area contributed by atoms with Gasteiger partial charge in [0.05, 0.1) is 4.88 Å². The third kappa shape index (κ3) is 2.47. The minimum absolute atomic E-state index is 0.931. The molecule has 0 amide bonds. The molecule has 0 radical (unpaired) electrons. The molecule has 0 atom stereocenters. The van der Waals surface area contributed by atoms with Crippen molar-refractivity contribution in [1.29, 1.82) is 0 Å². The third-order valence-electron chi connectivity index (χ3n) is 2.80. The van der Waals surface area contributed by atoms with Crippen molar-refractivity contribution in [2.24, 2.45) is 0 Å². The van der Waals surface area contributed by atoms with E-state index >= 15 is 0 Å². The van der Waals surface area contributed by atoms with E-state index in [1.54, 1.807) is 0 Å². The van der Waals surface area contributed by atoms with Crippen LogP contribution in [-0.4, -0.2) is 17.8 Å². The molecule has 17 heavy (non-hydrogen) atoms. The first kappa shape index (κ1) is 12.1. The number of hydrogen-bond donors (Lipinski definition) is 0. The molecule has 88 valence electrons. The maximum atomic E-state index is 4.09. The number of allylic oxidation sites excluding steroid dienone is 1. The van der Waals surface area contributed by atoms with E-state index in [4.69, 9.17) is 0 Å². The zero-order chi connectivity index (χ0) is 12.3. The minimum atomic E-state index is 0.931. The molecule has 0 aliphatic carbocycles. The Bertz CT molecular complexity index is 530. The standard InChI is InChI=1S/C15H18NS/c1-4-8-13(16(3)5-2)15-11-12-9-6-7-10-14(12)17-15/h6-11H,3-5H2,1-2H3/q+1. The third-order valence-corrected chi connectivity index (χ3v) is 3.94. The number of benzene rings is 1. The quantitative estimate of drug-likeness (QED) is 0.554. The fourth-order valence-corrected chi connectivity index (χ4v) is 2.99. The van der Waals surface area contributed by atoms with E-state index in [0.29, 0.717) is 0 Å². The lowest BCUT2D eigenvalue weighted by molar-refractivity contribution is -0.417. The molecule has 0 spiro atoms. The normalized spacial score (nSPS) is 12.0. The maximum absolute atomic E-state index is 4.09. The molecule has 0 saturated heterocycles. The van der Waals surface area contributed by atoms with Crippen LogP contribution in [0.25, 0.3) is 15.8 Å². The molecule has 2 rings (SSSR count). The molecular formula is C15H18NS+. The number of rotatable bonds is 4. The van der Waals surface area contributed by atoms with Gasteiger partial charge in [0.15, 0.2) is 0 Å². The van der Waals surface area contributed by atoms with Gasteiger partial charge in [-0.3, -0.25) is 0 Å². The molecule has 0 fully saturated rings. The predicted molar refractivity (Wildman–Crippen MR) is 78.0 cm³/mol. The summed E-state index contributed by atoms with van der Waals surface area (Å²) in [6.07, 6.45) is 3.29.